The Labute approximate surface area is 180 Å². The minimum Gasteiger partial charge on any atom is -0.497 e. The lowest BCUT2D eigenvalue weighted by Gasteiger charge is -2.26. The number of rotatable bonds is 4. The molecule has 6 heteroatoms. The summed E-state index contributed by atoms with van der Waals surface area (Å²) in [6.45, 7) is 2.00. The number of nitrogens with zero attached hydrogens (tertiary/aromatic N) is 1. The average molecular weight is 412 g/mol. The van der Waals surface area contributed by atoms with Crippen molar-refractivity contribution >= 4 is 5.97 Å². The Morgan fingerprint density at radius 2 is 1.84 bits per heavy atom. The highest BCUT2D eigenvalue weighted by Crippen LogP contribution is 2.43. The van der Waals surface area contributed by atoms with Gasteiger partial charge >= 0.3 is 5.97 Å². The van der Waals surface area contributed by atoms with Gasteiger partial charge in [-0.2, -0.15) is 5.26 Å². The zero-order chi connectivity index (χ0) is 22.0. The molecule has 1 atom stereocenters. The summed E-state index contributed by atoms with van der Waals surface area (Å²) in [5, 5.41) is 9.67. The van der Waals surface area contributed by atoms with Gasteiger partial charge in [-0.15, -0.1) is 0 Å². The maximum Gasteiger partial charge on any atom is 0.343 e. The van der Waals surface area contributed by atoms with E-state index in [-0.39, 0.29) is 11.8 Å². The number of hydrogen-bond acceptors (Lipinski definition) is 6. The molecule has 0 spiro atoms. The number of aryl methyl sites for hydroxylation is 1. The number of nitriles is 1. The molecule has 0 fully saturated rings. The zero-order valence-corrected chi connectivity index (χ0v) is 17.1. The van der Waals surface area contributed by atoms with Crippen LogP contribution in [0.25, 0.3) is 0 Å². The Morgan fingerprint density at radius 3 is 2.55 bits per heavy atom. The highest BCUT2D eigenvalue weighted by atomic mass is 16.5. The van der Waals surface area contributed by atoms with Crippen LogP contribution in [0.3, 0.4) is 0 Å². The summed E-state index contributed by atoms with van der Waals surface area (Å²) in [6.07, 6.45) is 0. The van der Waals surface area contributed by atoms with Gasteiger partial charge in [0.15, 0.2) is 0 Å². The van der Waals surface area contributed by atoms with Crippen molar-refractivity contribution in [1.82, 2.24) is 0 Å². The van der Waals surface area contributed by atoms with E-state index < -0.39 is 5.97 Å². The summed E-state index contributed by atoms with van der Waals surface area (Å²) in [5.41, 5.74) is 9.57. The van der Waals surface area contributed by atoms with Gasteiger partial charge in [-0.3, -0.25) is 0 Å². The smallest absolute Gasteiger partial charge is 0.343 e. The van der Waals surface area contributed by atoms with E-state index in [1.54, 1.807) is 42.5 Å². The largest absolute Gasteiger partial charge is 0.497 e. The van der Waals surface area contributed by atoms with Gasteiger partial charge in [0.05, 0.1) is 18.6 Å². The molecule has 1 aliphatic rings. The zero-order valence-electron chi connectivity index (χ0n) is 17.1. The number of fused-ring (bicyclic) bond motifs is 1. The molecule has 3 aromatic carbocycles. The molecule has 0 bridgehead atoms. The topological polar surface area (TPSA) is 94.6 Å². The fraction of sp³-hybridized carbons (Fsp3) is 0.120. The maximum atomic E-state index is 12.5. The normalized spacial score (nSPS) is 14.8. The lowest BCUT2D eigenvalue weighted by Crippen LogP contribution is -2.21. The third-order valence-electron chi connectivity index (χ3n) is 5.12. The van der Waals surface area contributed by atoms with Crippen LogP contribution >= 0.6 is 0 Å². The van der Waals surface area contributed by atoms with E-state index >= 15 is 0 Å². The predicted octanol–water partition coefficient (Wildman–Crippen LogP) is 4.44. The number of ether oxygens (including phenoxy) is 3. The van der Waals surface area contributed by atoms with Crippen molar-refractivity contribution in [2.24, 2.45) is 5.73 Å². The minimum atomic E-state index is -0.522. The fourth-order valence-corrected chi connectivity index (χ4v) is 3.52. The van der Waals surface area contributed by atoms with Gasteiger partial charge in [0, 0.05) is 11.6 Å². The van der Waals surface area contributed by atoms with Gasteiger partial charge in [0.25, 0.3) is 0 Å². The Hall–Kier alpha value is -4.24. The van der Waals surface area contributed by atoms with Crippen LogP contribution in [0.4, 0.5) is 0 Å². The third-order valence-corrected chi connectivity index (χ3v) is 5.12. The highest BCUT2D eigenvalue weighted by molar-refractivity contribution is 5.91. The number of hydrogen-bond donors (Lipinski definition) is 1. The Balaban J connectivity index is 1.67. The molecule has 0 saturated heterocycles. The molecule has 1 heterocycles. The quantitative estimate of drug-likeness (QED) is 0.503. The number of esters is 1. The minimum absolute atomic E-state index is 0.0387. The number of carbonyl (C=O) groups excluding carboxylic acids is 1. The van der Waals surface area contributed by atoms with E-state index in [0.717, 1.165) is 16.7 Å². The van der Waals surface area contributed by atoms with Crippen molar-refractivity contribution in [3.8, 4) is 23.3 Å². The van der Waals surface area contributed by atoms with Gasteiger partial charge in [0.1, 0.15) is 28.9 Å². The van der Waals surface area contributed by atoms with E-state index in [1.165, 1.54) is 7.11 Å². The number of allylic oxidation sites excluding steroid dienone is 1. The van der Waals surface area contributed by atoms with E-state index in [4.69, 9.17) is 19.9 Å². The van der Waals surface area contributed by atoms with Crippen LogP contribution in [0.1, 0.15) is 33.0 Å². The molecule has 1 aliphatic heterocycles. The first kappa shape index (κ1) is 20.0. The van der Waals surface area contributed by atoms with Crippen LogP contribution in [0.2, 0.25) is 0 Å². The third kappa shape index (κ3) is 3.94. The molecule has 0 aromatic heterocycles. The standard InChI is InChI=1S/C25H20N2O4/c1-15-6-8-16(9-7-15)23-20-11-10-19(13-22(20)31-24(27)21(23)14-26)30-25(28)17-4-3-5-18(12-17)29-2/h3-13,23H,27H2,1-2H3. The summed E-state index contributed by atoms with van der Waals surface area (Å²) in [5.74, 6) is 0.465. The second-order valence-corrected chi connectivity index (χ2v) is 7.16. The second-order valence-electron chi connectivity index (χ2n) is 7.16. The van der Waals surface area contributed by atoms with Gasteiger partial charge in [-0.25, -0.2) is 4.79 Å². The van der Waals surface area contributed by atoms with Crippen molar-refractivity contribution in [2.45, 2.75) is 12.8 Å². The first-order valence-electron chi connectivity index (χ1n) is 9.64. The van der Waals surface area contributed by atoms with E-state index in [0.29, 0.717) is 28.4 Å². The molecule has 0 radical (unpaired) electrons. The number of methoxy groups -OCH3 is 1. The lowest BCUT2D eigenvalue weighted by atomic mass is 9.83. The molecular formula is C25H20N2O4. The van der Waals surface area contributed by atoms with Crippen molar-refractivity contribution in [3.05, 3.63) is 100 Å². The summed E-state index contributed by atoms with van der Waals surface area (Å²) in [4.78, 5) is 12.5. The first-order valence-corrected chi connectivity index (χ1v) is 9.64. The maximum absolute atomic E-state index is 12.5. The van der Waals surface area contributed by atoms with Crippen molar-refractivity contribution in [3.63, 3.8) is 0 Å². The van der Waals surface area contributed by atoms with Crippen LogP contribution in [-0.2, 0) is 0 Å². The molecule has 3 aromatic rings. The second kappa shape index (κ2) is 8.25. The number of nitrogens with two attached hydrogens (primary N) is 1. The van der Waals surface area contributed by atoms with Crippen molar-refractivity contribution in [1.29, 1.82) is 5.26 Å². The number of carbonyl (C=O) groups is 1. The van der Waals surface area contributed by atoms with Crippen LogP contribution in [0, 0.1) is 18.3 Å². The average Bonchev–Trinajstić information content (AvgIpc) is 2.78. The molecule has 31 heavy (non-hydrogen) atoms. The summed E-state index contributed by atoms with van der Waals surface area (Å²) in [6, 6.07) is 21.9. The van der Waals surface area contributed by atoms with Crippen LogP contribution in [0.15, 0.2) is 78.2 Å². The SMILES string of the molecule is COc1cccc(C(=O)Oc2ccc3c(c2)OC(N)=C(C#N)C3c2ccc(C)cc2)c1. The van der Waals surface area contributed by atoms with Gasteiger partial charge < -0.3 is 19.9 Å². The van der Waals surface area contributed by atoms with Crippen LogP contribution in [0.5, 0.6) is 17.2 Å². The van der Waals surface area contributed by atoms with Gasteiger partial charge in [-0.05, 0) is 36.8 Å². The van der Waals surface area contributed by atoms with Crippen molar-refractivity contribution < 1.29 is 19.0 Å². The number of benzene rings is 3. The molecule has 1 unspecified atom stereocenters. The highest BCUT2D eigenvalue weighted by Gasteiger charge is 2.31. The molecule has 0 aliphatic carbocycles. The van der Waals surface area contributed by atoms with Gasteiger partial charge in [0.2, 0.25) is 5.88 Å². The van der Waals surface area contributed by atoms with Crippen LogP contribution < -0.4 is 19.9 Å². The Kier molecular flexibility index (Phi) is 5.33. The fourth-order valence-electron chi connectivity index (χ4n) is 3.52. The predicted molar refractivity (Wildman–Crippen MR) is 115 cm³/mol. The van der Waals surface area contributed by atoms with Crippen LogP contribution in [-0.4, -0.2) is 13.1 Å². The summed E-state index contributed by atoms with van der Waals surface area (Å²) < 4.78 is 16.4. The molecule has 2 N–H and O–H groups in total. The Bertz CT molecular complexity index is 1220. The summed E-state index contributed by atoms with van der Waals surface area (Å²) >= 11 is 0. The Morgan fingerprint density at radius 1 is 1.06 bits per heavy atom. The van der Waals surface area contributed by atoms with E-state index in [2.05, 4.69) is 6.07 Å². The monoisotopic (exact) mass is 412 g/mol. The van der Waals surface area contributed by atoms with E-state index in [1.807, 2.05) is 31.2 Å². The van der Waals surface area contributed by atoms with E-state index in [9.17, 15) is 10.1 Å². The van der Waals surface area contributed by atoms with Crippen molar-refractivity contribution in [2.75, 3.05) is 7.11 Å². The summed E-state index contributed by atoms with van der Waals surface area (Å²) in [7, 11) is 1.53. The molecule has 154 valence electrons. The molecular weight excluding hydrogens is 392 g/mol. The molecule has 0 saturated carbocycles. The molecule has 0 amide bonds. The first-order chi connectivity index (χ1) is 15.0. The molecule has 4 rings (SSSR count). The lowest BCUT2D eigenvalue weighted by molar-refractivity contribution is 0.0734. The molecule has 6 nitrogen and oxygen atoms in total. The van der Waals surface area contributed by atoms with Gasteiger partial charge in [-0.1, -0.05) is 42.0 Å².